The summed E-state index contributed by atoms with van der Waals surface area (Å²) >= 11 is 1.82. The van der Waals surface area contributed by atoms with E-state index in [2.05, 4.69) is 17.4 Å². The van der Waals surface area contributed by atoms with Crippen LogP contribution in [-0.4, -0.2) is 11.1 Å². The highest BCUT2D eigenvalue weighted by molar-refractivity contribution is 7.19. The Labute approximate surface area is 179 Å². The number of fused-ring (bicyclic) bond motifs is 3. The lowest BCUT2D eigenvalue weighted by molar-refractivity contribution is 0.305. The van der Waals surface area contributed by atoms with Crippen molar-refractivity contribution in [2.45, 2.75) is 19.6 Å². The van der Waals surface area contributed by atoms with Crippen LogP contribution in [0.5, 0.6) is 5.75 Å². The Morgan fingerprint density at radius 2 is 1.93 bits per heavy atom. The fourth-order valence-electron chi connectivity index (χ4n) is 3.68. The lowest BCUT2D eigenvalue weighted by Crippen LogP contribution is -2.21. The molecule has 6 heteroatoms. The third kappa shape index (κ3) is 3.94. The smallest absolute Gasteiger partial charge is 0.258 e. The number of rotatable bonds is 4. The molecule has 0 unspecified atom stereocenters. The second kappa shape index (κ2) is 8.41. The van der Waals surface area contributed by atoms with E-state index in [-0.39, 0.29) is 18.0 Å². The third-order valence-electron chi connectivity index (χ3n) is 5.11. The molecule has 4 aromatic rings. The molecule has 0 fully saturated rings. The highest BCUT2D eigenvalue weighted by atomic mass is 35.5. The first kappa shape index (κ1) is 19.7. The summed E-state index contributed by atoms with van der Waals surface area (Å²) in [6, 6.07) is 19.6. The molecule has 0 saturated carbocycles. The van der Waals surface area contributed by atoms with Gasteiger partial charge in [0, 0.05) is 28.4 Å². The molecule has 2 aromatic carbocycles. The van der Waals surface area contributed by atoms with Crippen LogP contribution >= 0.6 is 23.7 Å². The van der Waals surface area contributed by atoms with Gasteiger partial charge in [-0.2, -0.15) is 0 Å². The van der Waals surface area contributed by atoms with Gasteiger partial charge in [0.05, 0.1) is 5.69 Å². The zero-order chi connectivity index (χ0) is 18.9. The molecule has 0 atom stereocenters. The van der Waals surface area contributed by atoms with Gasteiger partial charge in [0.2, 0.25) is 0 Å². The van der Waals surface area contributed by atoms with Crippen LogP contribution in [-0.2, 0) is 19.6 Å². The molecule has 2 aromatic heterocycles. The summed E-state index contributed by atoms with van der Waals surface area (Å²) in [6.07, 6.45) is 2.86. The van der Waals surface area contributed by atoms with Gasteiger partial charge in [-0.1, -0.05) is 36.4 Å². The van der Waals surface area contributed by atoms with Crippen LogP contribution in [0.25, 0.3) is 15.8 Å². The van der Waals surface area contributed by atoms with Gasteiger partial charge in [0.15, 0.2) is 0 Å². The van der Waals surface area contributed by atoms with Gasteiger partial charge in [0.25, 0.3) is 5.56 Å². The second-order valence-corrected chi connectivity index (χ2v) is 8.09. The fraction of sp³-hybridized carbons (Fsp3) is 0.174. The minimum Gasteiger partial charge on any atom is -0.489 e. The van der Waals surface area contributed by atoms with Gasteiger partial charge in [-0.25, -0.2) is 0 Å². The third-order valence-corrected chi connectivity index (χ3v) is 6.31. The summed E-state index contributed by atoms with van der Waals surface area (Å²) in [5.74, 6) is 0.587. The zero-order valence-electron chi connectivity index (χ0n) is 15.8. The highest BCUT2D eigenvalue weighted by Crippen LogP contribution is 2.34. The quantitative estimate of drug-likeness (QED) is 0.516. The van der Waals surface area contributed by atoms with E-state index in [1.165, 1.54) is 20.5 Å². The SMILES string of the molecule is Cl.O=c1cc(OCc2ccccc2)ccn1-c1ccc2c3c(sc2c1)CNCC3. The van der Waals surface area contributed by atoms with Crippen molar-refractivity contribution in [3.63, 3.8) is 0 Å². The molecule has 1 N–H and O–H groups in total. The minimum absolute atomic E-state index is 0. The summed E-state index contributed by atoms with van der Waals surface area (Å²) in [5.41, 5.74) is 3.34. The van der Waals surface area contributed by atoms with Crippen molar-refractivity contribution in [3.8, 4) is 11.4 Å². The maximum absolute atomic E-state index is 12.7. The largest absolute Gasteiger partial charge is 0.489 e. The number of hydrogen-bond acceptors (Lipinski definition) is 4. The van der Waals surface area contributed by atoms with Crippen LogP contribution in [0, 0.1) is 0 Å². The molecule has 29 heavy (non-hydrogen) atoms. The maximum Gasteiger partial charge on any atom is 0.258 e. The van der Waals surface area contributed by atoms with E-state index < -0.39 is 0 Å². The van der Waals surface area contributed by atoms with Crippen molar-refractivity contribution in [2.75, 3.05) is 6.54 Å². The van der Waals surface area contributed by atoms with Crippen molar-refractivity contribution in [2.24, 2.45) is 0 Å². The number of benzene rings is 2. The zero-order valence-corrected chi connectivity index (χ0v) is 17.4. The molecule has 1 aliphatic heterocycles. The van der Waals surface area contributed by atoms with Gasteiger partial charge in [-0.05, 0) is 47.7 Å². The molecule has 0 saturated heterocycles. The van der Waals surface area contributed by atoms with Crippen molar-refractivity contribution < 1.29 is 4.74 Å². The molecule has 0 amide bonds. The molecule has 0 aliphatic carbocycles. The first-order valence-electron chi connectivity index (χ1n) is 9.43. The summed E-state index contributed by atoms with van der Waals surface area (Å²) in [4.78, 5) is 14.1. The van der Waals surface area contributed by atoms with Gasteiger partial charge in [-0.15, -0.1) is 23.7 Å². The lowest BCUT2D eigenvalue weighted by Gasteiger charge is -2.12. The van der Waals surface area contributed by atoms with Crippen molar-refractivity contribution in [3.05, 3.63) is 93.2 Å². The lowest BCUT2D eigenvalue weighted by atomic mass is 10.0. The normalized spacial score (nSPS) is 13.0. The minimum atomic E-state index is -0.0899. The fourth-order valence-corrected chi connectivity index (χ4v) is 4.93. The Kier molecular flexibility index (Phi) is 5.72. The average molecular weight is 425 g/mol. The Morgan fingerprint density at radius 1 is 1.07 bits per heavy atom. The van der Waals surface area contributed by atoms with Crippen LogP contribution in [0.4, 0.5) is 0 Å². The van der Waals surface area contributed by atoms with Crippen molar-refractivity contribution in [1.82, 2.24) is 9.88 Å². The molecule has 0 spiro atoms. The van der Waals surface area contributed by atoms with Crippen LogP contribution < -0.4 is 15.6 Å². The number of halogens is 1. The summed E-state index contributed by atoms with van der Waals surface area (Å²) in [5, 5.41) is 4.75. The van der Waals surface area contributed by atoms with Crippen molar-refractivity contribution in [1.29, 1.82) is 0 Å². The van der Waals surface area contributed by atoms with E-state index in [0.29, 0.717) is 12.4 Å². The Balaban J connectivity index is 0.00000205. The molecule has 148 valence electrons. The Hall–Kier alpha value is -2.60. The molecule has 0 bridgehead atoms. The number of nitrogens with one attached hydrogen (secondary N) is 1. The standard InChI is InChI=1S/C23H20N2O2S.ClH/c26-23-13-18(27-15-16-4-2-1-3-5-16)9-11-25(23)17-6-7-19-20-8-10-24-14-22(20)28-21(19)12-17;/h1-7,9,11-13,24H,8,10,14-15H2;1H. The summed E-state index contributed by atoms with van der Waals surface area (Å²) < 4.78 is 8.68. The molecular weight excluding hydrogens is 404 g/mol. The van der Waals surface area contributed by atoms with Crippen LogP contribution in [0.1, 0.15) is 16.0 Å². The Bertz CT molecular complexity index is 1200. The molecule has 1 aliphatic rings. The maximum atomic E-state index is 12.7. The molecule has 0 radical (unpaired) electrons. The van der Waals surface area contributed by atoms with Crippen molar-refractivity contribution >= 4 is 33.8 Å². The number of aromatic nitrogens is 1. The molecule has 5 rings (SSSR count). The number of ether oxygens (including phenoxy) is 1. The number of pyridine rings is 1. The van der Waals surface area contributed by atoms with Gasteiger partial charge in [-0.3, -0.25) is 9.36 Å². The Morgan fingerprint density at radius 3 is 2.76 bits per heavy atom. The van der Waals surface area contributed by atoms with Gasteiger partial charge < -0.3 is 10.1 Å². The van der Waals surface area contributed by atoms with E-state index in [1.807, 2.05) is 53.8 Å². The number of nitrogens with zero attached hydrogens (tertiary/aromatic N) is 1. The van der Waals surface area contributed by atoms with Gasteiger partial charge >= 0.3 is 0 Å². The monoisotopic (exact) mass is 424 g/mol. The van der Waals surface area contributed by atoms with E-state index in [4.69, 9.17) is 4.74 Å². The predicted molar refractivity (Wildman–Crippen MR) is 121 cm³/mol. The molecule has 3 heterocycles. The second-order valence-electron chi connectivity index (χ2n) is 6.96. The van der Waals surface area contributed by atoms with Crippen LogP contribution in [0.2, 0.25) is 0 Å². The molecular formula is C23H21ClN2O2S. The number of thiophene rings is 1. The predicted octanol–water partition coefficient (Wildman–Crippen LogP) is 4.70. The molecule has 4 nitrogen and oxygen atoms in total. The summed E-state index contributed by atoms with van der Waals surface area (Å²) in [7, 11) is 0. The van der Waals surface area contributed by atoms with Crippen LogP contribution in [0.3, 0.4) is 0 Å². The average Bonchev–Trinajstić information content (AvgIpc) is 3.11. The number of hydrogen-bond donors (Lipinski definition) is 1. The first-order chi connectivity index (χ1) is 13.8. The topological polar surface area (TPSA) is 43.3 Å². The first-order valence-corrected chi connectivity index (χ1v) is 10.2. The van der Waals surface area contributed by atoms with Gasteiger partial charge in [0.1, 0.15) is 12.4 Å². The van der Waals surface area contributed by atoms with Crippen LogP contribution in [0.15, 0.2) is 71.7 Å². The van der Waals surface area contributed by atoms with E-state index in [9.17, 15) is 4.79 Å². The van der Waals surface area contributed by atoms with E-state index in [1.54, 1.807) is 16.8 Å². The summed E-state index contributed by atoms with van der Waals surface area (Å²) in [6.45, 7) is 2.42. The van der Waals surface area contributed by atoms with E-state index >= 15 is 0 Å². The van der Waals surface area contributed by atoms with E-state index in [0.717, 1.165) is 30.8 Å². The highest BCUT2D eigenvalue weighted by Gasteiger charge is 2.16.